The van der Waals surface area contributed by atoms with Crippen LogP contribution in [0.15, 0.2) is 146 Å². The van der Waals surface area contributed by atoms with Gasteiger partial charge in [0.2, 0.25) is 0 Å². The molecule has 0 saturated carbocycles. The van der Waals surface area contributed by atoms with Crippen LogP contribution in [-0.2, 0) is 4.57 Å². The Hall–Kier alpha value is -4.19. The fourth-order valence-electron chi connectivity index (χ4n) is 5.29. The molecule has 37 heavy (non-hydrogen) atoms. The molecule has 5 aromatic carbocycles. The molecule has 0 amide bonds. The summed E-state index contributed by atoms with van der Waals surface area (Å²) in [6, 6.07) is 49.6. The van der Waals surface area contributed by atoms with Crippen molar-refractivity contribution in [2.45, 2.75) is 6.92 Å². The minimum atomic E-state index is -3.29. The van der Waals surface area contributed by atoms with Crippen molar-refractivity contribution in [2.75, 3.05) is 0 Å². The van der Waals surface area contributed by atoms with Crippen LogP contribution in [0, 0.1) is 6.92 Å². The van der Waals surface area contributed by atoms with Gasteiger partial charge in [0.15, 0.2) is 7.14 Å². The van der Waals surface area contributed by atoms with Gasteiger partial charge in [0.1, 0.15) is 0 Å². The van der Waals surface area contributed by atoms with Gasteiger partial charge in [0, 0.05) is 27.1 Å². The van der Waals surface area contributed by atoms with Crippen molar-refractivity contribution in [3.63, 3.8) is 0 Å². The molecule has 0 radical (unpaired) electrons. The van der Waals surface area contributed by atoms with Gasteiger partial charge < -0.3 is 4.57 Å². The van der Waals surface area contributed by atoms with Crippen molar-refractivity contribution in [1.82, 2.24) is 0 Å². The third-order valence-electron chi connectivity index (χ3n) is 6.97. The summed E-state index contributed by atoms with van der Waals surface area (Å²) in [4.78, 5) is 0. The molecule has 6 rings (SSSR count). The van der Waals surface area contributed by atoms with E-state index in [1.807, 2.05) is 60.7 Å². The van der Waals surface area contributed by atoms with Crippen LogP contribution in [0.1, 0.15) is 27.8 Å². The molecule has 2 heteroatoms. The average Bonchev–Trinajstić information content (AvgIpc) is 3.25. The van der Waals surface area contributed by atoms with E-state index in [0.29, 0.717) is 0 Å². The summed E-state index contributed by atoms with van der Waals surface area (Å²) < 4.78 is 16.0. The Morgan fingerprint density at radius 1 is 0.405 bits per heavy atom. The van der Waals surface area contributed by atoms with Crippen molar-refractivity contribution in [3.05, 3.63) is 173 Å². The Bertz CT molecular complexity index is 1650. The van der Waals surface area contributed by atoms with Gasteiger partial charge in [-0.1, -0.05) is 151 Å². The van der Waals surface area contributed by atoms with E-state index in [2.05, 4.69) is 91.9 Å². The maximum absolute atomic E-state index is 16.0. The van der Waals surface area contributed by atoms with E-state index in [1.54, 1.807) is 0 Å². The van der Waals surface area contributed by atoms with Crippen LogP contribution in [0.2, 0.25) is 0 Å². The molecule has 0 fully saturated rings. The molecule has 0 spiro atoms. The van der Waals surface area contributed by atoms with Crippen molar-refractivity contribution in [2.24, 2.45) is 0 Å². The summed E-state index contributed by atoms with van der Waals surface area (Å²) in [5.74, 6) is 0. The number of hydrogen-bond acceptors (Lipinski definition) is 1. The summed E-state index contributed by atoms with van der Waals surface area (Å²) in [6.07, 6.45) is 0. The molecule has 5 aromatic rings. The third kappa shape index (κ3) is 4.02. The highest BCUT2D eigenvalue weighted by molar-refractivity contribution is 7.91. The lowest BCUT2D eigenvalue weighted by molar-refractivity contribution is 0.593. The molecule has 0 bridgehead atoms. The molecule has 0 N–H and O–H groups in total. The molecule has 1 aliphatic rings. The van der Waals surface area contributed by atoms with E-state index in [1.165, 1.54) is 5.56 Å². The van der Waals surface area contributed by atoms with E-state index < -0.39 is 7.14 Å². The fraction of sp³-hybridized carbons (Fsp3) is 0.0286. The molecule has 0 saturated heterocycles. The van der Waals surface area contributed by atoms with E-state index in [-0.39, 0.29) is 0 Å². The van der Waals surface area contributed by atoms with Gasteiger partial charge in [-0.25, -0.2) is 0 Å². The van der Waals surface area contributed by atoms with Gasteiger partial charge in [-0.05, 0) is 29.2 Å². The van der Waals surface area contributed by atoms with E-state index in [4.69, 9.17) is 0 Å². The minimum absolute atomic E-state index is 0.851. The Kier molecular flexibility index (Phi) is 6.08. The molecule has 1 unspecified atom stereocenters. The zero-order valence-electron chi connectivity index (χ0n) is 20.7. The number of hydrogen-bond donors (Lipinski definition) is 0. The second-order valence-electron chi connectivity index (χ2n) is 9.36. The van der Waals surface area contributed by atoms with Crippen LogP contribution >= 0.6 is 7.14 Å². The molecule has 0 aliphatic carbocycles. The highest BCUT2D eigenvalue weighted by Crippen LogP contribution is 2.76. The number of allylic oxidation sites excluding steroid dienone is 2. The zero-order valence-corrected chi connectivity index (χ0v) is 21.6. The Morgan fingerprint density at radius 2 is 0.757 bits per heavy atom. The van der Waals surface area contributed by atoms with Crippen LogP contribution in [0.4, 0.5) is 0 Å². The molecular formula is C35H27OP. The second kappa shape index (κ2) is 9.69. The Balaban J connectivity index is 1.83. The van der Waals surface area contributed by atoms with Gasteiger partial charge in [-0.2, -0.15) is 0 Å². The summed E-state index contributed by atoms with van der Waals surface area (Å²) >= 11 is 0. The van der Waals surface area contributed by atoms with Crippen LogP contribution in [-0.4, -0.2) is 0 Å². The third-order valence-corrected chi connectivity index (χ3v) is 10.2. The van der Waals surface area contributed by atoms with Gasteiger partial charge >= 0.3 is 0 Å². The van der Waals surface area contributed by atoms with Crippen molar-refractivity contribution in [1.29, 1.82) is 0 Å². The molecule has 1 nitrogen and oxygen atoms in total. The van der Waals surface area contributed by atoms with E-state index >= 15 is 4.57 Å². The smallest absolute Gasteiger partial charge is 0.173 e. The summed E-state index contributed by atoms with van der Waals surface area (Å²) in [7, 11) is -3.29. The van der Waals surface area contributed by atoms with Gasteiger partial charge in [-0.15, -0.1) is 0 Å². The first kappa shape index (κ1) is 23.2. The van der Waals surface area contributed by atoms with Crippen LogP contribution < -0.4 is 5.30 Å². The predicted molar refractivity (Wildman–Crippen MR) is 158 cm³/mol. The maximum atomic E-state index is 16.0. The maximum Gasteiger partial charge on any atom is 0.173 e. The van der Waals surface area contributed by atoms with Crippen molar-refractivity contribution < 1.29 is 4.57 Å². The zero-order chi connectivity index (χ0) is 25.2. The van der Waals surface area contributed by atoms with Gasteiger partial charge in [0.25, 0.3) is 0 Å². The average molecular weight is 495 g/mol. The lowest BCUT2D eigenvalue weighted by Crippen LogP contribution is -2.06. The SMILES string of the molecule is Cc1ccc(C2=C(c3ccccc3)C(c3ccccc3)=C(c3ccccc3)P2(=O)c2ccccc2)cc1. The van der Waals surface area contributed by atoms with Crippen molar-refractivity contribution in [3.8, 4) is 0 Å². The minimum Gasteiger partial charge on any atom is -0.309 e. The second-order valence-corrected chi connectivity index (χ2v) is 12.0. The highest BCUT2D eigenvalue weighted by Gasteiger charge is 2.46. The molecule has 1 atom stereocenters. The normalized spacial score (nSPS) is 17.3. The number of rotatable bonds is 5. The first-order valence-corrected chi connectivity index (χ1v) is 14.3. The first-order chi connectivity index (χ1) is 18.2. The standard InChI is InChI=1S/C35H27OP/c1-26-22-24-30(25-23-26)35-33(28-16-8-3-9-17-28)32(27-14-6-2-7-15-27)34(29-18-10-4-11-19-29)37(35,36)31-20-12-5-13-21-31/h2-25H,1H3. The molecular weight excluding hydrogens is 467 g/mol. The summed E-state index contributed by atoms with van der Waals surface area (Å²) in [6.45, 7) is 2.09. The molecule has 178 valence electrons. The highest BCUT2D eigenvalue weighted by atomic mass is 31.2. The molecule has 1 aliphatic heterocycles. The Morgan fingerprint density at radius 3 is 1.19 bits per heavy atom. The lowest BCUT2D eigenvalue weighted by atomic mass is 9.89. The lowest BCUT2D eigenvalue weighted by Gasteiger charge is -2.22. The van der Waals surface area contributed by atoms with Crippen molar-refractivity contribution >= 4 is 34.2 Å². The van der Waals surface area contributed by atoms with Crippen LogP contribution in [0.3, 0.4) is 0 Å². The van der Waals surface area contributed by atoms with Gasteiger partial charge in [-0.3, -0.25) is 0 Å². The van der Waals surface area contributed by atoms with Crippen LogP contribution in [0.5, 0.6) is 0 Å². The number of benzene rings is 5. The van der Waals surface area contributed by atoms with E-state index in [0.717, 1.165) is 49.3 Å². The number of aryl methyl sites for hydroxylation is 1. The van der Waals surface area contributed by atoms with Crippen LogP contribution in [0.25, 0.3) is 21.8 Å². The Labute approximate surface area is 218 Å². The monoisotopic (exact) mass is 494 g/mol. The van der Waals surface area contributed by atoms with E-state index in [9.17, 15) is 0 Å². The summed E-state index contributed by atoms with van der Waals surface area (Å²) in [5.41, 5.74) is 7.39. The first-order valence-electron chi connectivity index (χ1n) is 12.6. The quantitative estimate of drug-likeness (QED) is 0.223. The molecule has 1 heterocycles. The molecule has 0 aromatic heterocycles. The topological polar surface area (TPSA) is 17.1 Å². The fourth-order valence-corrected chi connectivity index (χ4v) is 8.76. The largest absolute Gasteiger partial charge is 0.309 e. The predicted octanol–water partition coefficient (Wildman–Crippen LogP) is 9.13. The van der Waals surface area contributed by atoms with Gasteiger partial charge in [0.05, 0.1) is 0 Å². The summed E-state index contributed by atoms with van der Waals surface area (Å²) in [5, 5.41) is 2.66.